The van der Waals surface area contributed by atoms with Crippen LogP contribution in [0.15, 0.2) is 24.3 Å². The van der Waals surface area contributed by atoms with Crippen LogP contribution in [-0.2, 0) is 6.42 Å². The molecule has 104 valence electrons. The van der Waals surface area contributed by atoms with Gasteiger partial charge in [-0.2, -0.15) is 0 Å². The van der Waals surface area contributed by atoms with E-state index in [2.05, 4.69) is 19.1 Å². The number of carbonyl (C=O) groups excluding carboxylic acids is 1. The summed E-state index contributed by atoms with van der Waals surface area (Å²) in [7, 11) is 0. The average Bonchev–Trinajstić information content (AvgIpc) is 2.64. The second-order valence-corrected chi connectivity index (χ2v) is 5.72. The molecule has 2 heteroatoms. The topological polar surface area (TPSA) is 43.1 Å². The Labute approximate surface area is 116 Å². The number of hydrogen-bond donors (Lipinski definition) is 1. The maximum atomic E-state index is 12.6. The molecular weight excluding hydrogens is 234 g/mol. The quantitative estimate of drug-likeness (QED) is 0.661. The third-order valence-electron chi connectivity index (χ3n) is 4.18. The van der Waals surface area contributed by atoms with E-state index in [1.165, 1.54) is 18.4 Å². The molecule has 19 heavy (non-hydrogen) atoms. The van der Waals surface area contributed by atoms with E-state index in [0.717, 1.165) is 37.7 Å². The summed E-state index contributed by atoms with van der Waals surface area (Å²) >= 11 is 0. The molecule has 1 aromatic rings. The van der Waals surface area contributed by atoms with E-state index < -0.39 is 0 Å². The van der Waals surface area contributed by atoms with Gasteiger partial charge >= 0.3 is 0 Å². The minimum Gasteiger partial charge on any atom is -0.327 e. The van der Waals surface area contributed by atoms with E-state index in [1.807, 2.05) is 12.1 Å². The molecule has 2 rings (SSSR count). The van der Waals surface area contributed by atoms with Gasteiger partial charge in [-0.05, 0) is 24.8 Å². The summed E-state index contributed by atoms with van der Waals surface area (Å²) in [5.41, 5.74) is 8.32. The Morgan fingerprint density at radius 1 is 1.16 bits per heavy atom. The van der Waals surface area contributed by atoms with Gasteiger partial charge in [-0.25, -0.2) is 0 Å². The highest BCUT2D eigenvalue weighted by molar-refractivity contribution is 5.98. The zero-order valence-corrected chi connectivity index (χ0v) is 11.9. The van der Waals surface area contributed by atoms with Gasteiger partial charge in [0.25, 0.3) is 0 Å². The van der Waals surface area contributed by atoms with Crippen molar-refractivity contribution in [3.8, 4) is 0 Å². The second kappa shape index (κ2) is 6.85. The van der Waals surface area contributed by atoms with Crippen molar-refractivity contribution in [1.82, 2.24) is 0 Å². The van der Waals surface area contributed by atoms with Crippen LogP contribution in [-0.4, -0.2) is 11.8 Å². The standard InChI is InChI=1S/C17H25NO/c1-2-6-13-9-11-14(12-10-13)17(19)15-7-4-3-5-8-16(15)18/h9-12,15-16H,2-8,18H2,1H3. The number of rotatable bonds is 4. The summed E-state index contributed by atoms with van der Waals surface area (Å²) in [5.74, 6) is 0.275. The Bertz CT molecular complexity index is 410. The summed E-state index contributed by atoms with van der Waals surface area (Å²) in [5, 5.41) is 0. The number of Topliss-reactive ketones (excluding diaryl/α,β-unsaturated/α-hetero) is 1. The van der Waals surface area contributed by atoms with Gasteiger partial charge in [-0.15, -0.1) is 0 Å². The Balaban J connectivity index is 2.09. The molecule has 2 atom stereocenters. The lowest BCUT2D eigenvalue weighted by Gasteiger charge is -2.20. The lowest BCUT2D eigenvalue weighted by atomic mass is 9.87. The van der Waals surface area contributed by atoms with Crippen LogP contribution in [0.2, 0.25) is 0 Å². The molecule has 0 amide bonds. The molecule has 0 bridgehead atoms. The van der Waals surface area contributed by atoms with Gasteiger partial charge in [-0.1, -0.05) is 56.9 Å². The molecule has 2 unspecified atom stereocenters. The first kappa shape index (κ1) is 14.3. The molecule has 1 aliphatic rings. The highest BCUT2D eigenvalue weighted by Crippen LogP contribution is 2.25. The minimum absolute atomic E-state index is 0.0273. The monoisotopic (exact) mass is 259 g/mol. The van der Waals surface area contributed by atoms with E-state index in [0.29, 0.717) is 0 Å². The molecule has 1 aromatic carbocycles. The van der Waals surface area contributed by atoms with Crippen LogP contribution in [0.25, 0.3) is 0 Å². The Morgan fingerprint density at radius 2 is 1.84 bits per heavy atom. The molecule has 1 fully saturated rings. The zero-order chi connectivity index (χ0) is 13.7. The first-order chi connectivity index (χ1) is 9.22. The Kier molecular flexibility index (Phi) is 5.15. The van der Waals surface area contributed by atoms with E-state index in [4.69, 9.17) is 5.73 Å². The number of carbonyl (C=O) groups is 1. The second-order valence-electron chi connectivity index (χ2n) is 5.72. The van der Waals surface area contributed by atoms with Crippen molar-refractivity contribution in [2.45, 2.75) is 57.9 Å². The molecule has 0 saturated heterocycles. The third-order valence-corrected chi connectivity index (χ3v) is 4.18. The predicted molar refractivity (Wildman–Crippen MR) is 79.3 cm³/mol. The van der Waals surface area contributed by atoms with E-state index >= 15 is 0 Å². The SMILES string of the molecule is CCCc1ccc(C(=O)C2CCCCCC2N)cc1. The first-order valence-corrected chi connectivity index (χ1v) is 7.61. The lowest BCUT2D eigenvalue weighted by Crippen LogP contribution is -2.34. The zero-order valence-electron chi connectivity index (χ0n) is 11.9. The van der Waals surface area contributed by atoms with Crippen molar-refractivity contribution in [2.24, 2.45) is 11.7 Å². The molecule has 1 saturated carbocycles. The normalized spacial score (nSPS) is 23.9. The van der Waals surface area contributed by atoms with E-state index in [-0.39, 0.29) is 17.7 Å². The van der Waals surface area contributed by atoms with Crippen molar-refractivity contribution < 1.29 is 4.79 Å². The van der Waals surface area contributed by atoms with Crippen molar-refractivity contribution in [2.75, 3.05) is 0 Å². The third kappa shape index (κ3) is 3.66. The van der Waals surface area contributed by atoms with Gasteiger partial charge in [0.1, 0.15) is 0 Å². The predicted octanol–water partition coefficient (Wildman–Crippen LogP) is 3.73. The number of benzene rings is 1. The van der Waals surface area contributed by atoms with Crippen molar-refractivity contribution >= 4 is 5.78 Å². The number of nitrogens with two attached hydrogens (primary N) is 1. The largest absolute Gasteiger partial charge is 0.327 e. The van der Waals surface area contributed by atoms with Gasteiger partial charge < -0.3 is 5.73 Å². The average molecular weight is 259 g/mol. The molecule has 2 N–H and O–H groups in total. The number of ketones is 1. The molecular formula is C17H25NO. The molecule has 2 nitrogen and oxygen atoms in total. The molecule has 0 radical (unpaired) electrons. The van der Waals surface area contributed by atoms with Gasteiger partial charge in [-0.3, -0.25) is 4.79 Å². The van der Waals surface area contributed by atoms with E-state index in [1.54, 1.807) is 0 Å². The summed E-state index contributed by atoms with van der Waals surface area (Å²) in [6.07, 6.45) is 7.69. The Morgan fingerprint density at radius 3 is 2.53 bits per heavy atom. The lowest BCUT2D eigenvalue weighted by molar-refractivity contribution is 0.0895. The maximum absolute atomic E-state index is 12.6. The Hall–Kier alpha value is -1.15. The fourth-order valence-corrected chi connectivity index (χ4v) is 3.00. The van der Waals surface area contributed by atoms with Crippen LogP contribution in [0.3, 0.4) is 0 Å². The van der Waals surface area contributed by atoms with Gasteiger partial charge in [0.05, 0.1) is 0 Å². The van der Waals surface area contributed by atoms with Gasteiger partial charge in [0.2, 0.25) is 0 Å². The molecule has 1 aliphatic carbocycles. The summed E-state index contributed by atoms with van der Waals surface area (Å²) in [4.78, 5) is 12.6. The highest BCUT2D eigenvalue weighted by atomic mass is 16.1. The fraction of sp³-hybridized carbons (Fsp3) is 0.588. The number of aryl methyl sites for hydroxylation is 1. The molecule has 0 heterocycles. The fourth-order valence-electron chi connectivity index (χ4n) is 3.00. The highest BCUT2D eigenvalue weighted by Gasteiger charge is 2.27. The van der Waals surface area contributed by atoms with Gasteiger partial charge in [0.15, 0.2) is 5.78 Å². The molecule has 0 aliphatic heterocycles. The van der Waals surface area contributed by atoms with Crippen LogP contribution in [0, 0.1) is 5.92 Å². The van der Waals surface area contributed by atoms with Crippen molar-refractivity contribution in [1.29, 1.82) is 0 Å². The molecule has 0 aromatic heterocycles. The first-order valence-electron chi connectivity index (χ1n) is 7.61. The van der Waals surface area contributed by atoms with Crippen LogP contribution >= 0.6 is 0 Å². The van der Waals surface area contributed by atoms with Crippen molar-refractivity contribution in [3.63, 3.8) is 0 Å². The van der Waals surface area contributed by atoms with Crippen LogP contribution in [0.4, 0.5) is 0 Å². The minimum atomic E-state index is 0.0273. The molecule has 0 spiro atoms. The van der Waals surface area contributed by atoms with Crippen molar-refractivity contribution in [3.05, 3.63) is 35.4 Å². The number of hydrogen-bond acceptors (Lipinski definition) is 2. The smallest absolute Gasteiger partial charge is 0.167 e. The summed E-state index contributed by atoms with van der Waals surface area (Å²) < 4.78 is 0. The summed E-state index contributed by atoms with van der Waals surface area (Å²) in [6, 6.07) is 8.17. The van der Waals surface area contributed by atoms with Crippen LogP contribution in [0.1, 0.15) is 61.4 Å². The van der Waals surface area contributed by atoms with Gasteiger partial charge in [0, 0.05) is 17.5 Å². The van der Waals surface area contributed by atoms with Crippen LogP contribution in [0.5, 0.6) is 0 Å². The van der Waals surface area contributed by atoms with Crippen LogP contribution < -0.4 is 5.73 Å². The van der Waals surface area contributed by atoms with E-state index in [9.17, 15) is 4.79 Å². The maximum Gasteiger partial charge on any atom is 0.167 e. The summed E-state index contributed by atoms with van der Waals surface area (Å²) in [6.45, 7) is 2.17.